The number of fused-ring (bicyclic) bond motifs is 1. The number of aromatic nitrogens is 1. The van der Waals surface area contributed by atoms with Crippen LogP contribution in [0.5, 0.6) is 11.5 Å². The summed E-state index contributed by atoms with van der Waals surface area (Å²) in [5, 5.41) is 0.695. The largest absolute Gasteiger partial charge is 0.497 e. The van der Waals surface area contributed by atoms with Crippen LogP contribution in [0.2, 0.25) is 0 Å². The van der Waals surface area contributed by atoms with Gasteiger partial charge in [0.25, 0.3) is 0 Å². The molecule has 9 nitrogen and oxygen atoms in total. The minimum Gasteiger partial charge on any atom is -0.497 e. The van der Waals surface area contributed by atoms with Crippen LogP contribution in [0.3, 0.4) is 0 Å². The van der Waals surface area contributed by atoms with Gasteiger partial charge in [-0.3, -0.25) is 14.8 Å². The lowest BCUT2D eigenvalue weighted by atomic mass is 9.99. The molecule has 3 aliphatic rings. The van der Waals surface area contributed by atoms with E-state index in [4.69, 9.17) is 9.47 Å². The van der Waals surface area contributed by atoms with Crippen molar-refractivity contribution in [3.63, 3.8) is 0 Å². The second kappa shape index (κ2) is 24.7. The number of piperazine rings is 1. The number of benzene rings is 2. The first-order valence-electron chi connectivity index (χ1n) is 24.4. The van der Waals surface area contributed by atoms with Crippen molar-refractivity contribution in [2.75, 3.05) is 77.5 Å². The Hall–Kier alpha value is -2.99. The maximum absolute atomic E-state index is 15.9. The molecule has 2 aromatic carbocycles. The molecule has 4 heterocycles. The molecule has 340 valence electrons. The molecule has 0 atom stereocenters. The third kappa shape index (κ3) is 13.5. The van der Waals surface area contributed by atoms with E-state index in [9.17, 15) is 8.42 Å². The molecule has 0 unspecified atom stereocenters. The first kappa shape index (κ1) is 47.5. The highest BCUT2D eigenvalue weighted by Gasteiger charge is 2.34. The molecular weight excluding hydrogens is 786 g/mol. The van der Waals surface area contributed by atoms with Crippen molar-refractivity contribution in [1.82, 2.24) is 19.7 Å². The SMILES string of the molecule is CCCCCCCCCCCCCCCCCCOc1ccc(S(=O)(=O)c2cnc3ccc(OC)cc3c2N2CCC(N3CCN(C4CCN(CC)CC4)CC3)CC2)c(F)c1. The summed E-state index contributed by atoms with van der Waals surface area (Å²) in [7, 11) is -2.68. The predicted octanol–water partition coefficient (Wildman–Crippen LogP) is 10.9. The number of sulfone groups is 1. The number of pyridine rings is 1. The lowest BCUT2D eigenvalue weighted by Crippen LogP contribution is -2.56. The summed E-state index contributed by atoms with van der Waals surface area (Å²) < 4.78 is 56.3. The van der Waals surface area contributed by atoms with E-state index in [2.05, 4.69) is 38.4 Å². The maximum atomic E-state index is 15.9. The summed E-state index contributed by atoms with van der Waals surface area (Å²) in [4.78, 5) is 14.3. The number of hydrogen-bond donors (Lipinski definition) is 0. The molecule has 3 saturated heterocycles. The second-order valence-corrected chi connectivity index (χ2v) is 19.9. The van der Waals surface area contributed by atoms with Gasteiger partial charge in [-0.15, -0.1) is 0 Å². The Morgan fingerprint density at radius 3 is 1.69 bits per heavy atom. The van der Waals surface area contributed by atoms with E-state index < -0.39 is 15.7 Å². The van der Waals surface area contributed by atoms with Crippen LogP contribution in [-0.2, 0) is 9.84 Å². The fourth-order valence-corrected chi connectivity index (χ4v) is 11.5. The Labute approximate surface area is 368 Å². The number of methoxy groups -OCH3 is 1. The van der Waals surface area contributed by atoms with Crippen LogP contribution in [0.4, 0.5) is 10.1 Å². The minimum absolute atomic E-state index is 0.0233. The van der Waals surface area contributed by atoms with Crippen molar-refractivity contribution in [3.05, 3.63) is 48.4 Å². The molecule has 0 N–H and O–H groups in total. The molecule has 0 amide bonds. The lowest BCUT2D eigenvalue weighted by molar-refractivity contribution is 0.0384. The van der Waals surface area contributed by atoms with Crippen LogP contribution in [0.25, 0.3) is 10.9 Å². The molecule has 0 spiro atoms. The summed E-state index contributed by atoms with van der Waals surface area (Å²) in [6, 6.07) is 10.9. The van der Waals surface area contributed by atoms with E-state index >= 15 is 4.39 Å². The smallest absolute Gasteiger partial charge is 0.213 e. The average molecular weight is 864 g/mol. The fraction of sp³-hybridized carbons (Fsp3) is 0.700. The first-order chi connectivity index (χ1) is 29.8. The monoisotopic (exact) mass is 864 g/mol. The van der Waals surface area contributed by atoms with Gasteiger partial charge < -0.3 is 19.3 Å². The van der Waals surface area contributed by atoms with Crippen LogP contribution < -0.4 is 14.4 Å². The number of ether oxygens (including phenoxy) is 2. The van der Waals surface area contributed by atoms with Crippen molar-refractivity contribution in [1.29, 1.82) is 0 Å². The Kier molecular flexibility index (Phi) is 19.3. The van der Waals surface area contributed by atoms with Crippen molar-refractivity contribution < 1.29 is 22.3 Å². The Bertz CT molecular complexity index is 1860. The summed E-state index contributed by atoms with van der Waals surface area (Å²) in [6.07, 6.45) is 26.6. The number of halogens is 1. The van der Waals surface area contributed by atoms with E-state index in [0.29, 0.717) is 59.9 Å². The molecule has 11 heteroatoms. The normalized spacial score (nSPS) is 18.0. The summed E-state index contributed by atoms with van der Waals surface area (Å²) in [5.41, 5.74) is 1.25. The molecule has 0 aliphatic carbocycles. The van der Waals surface area contributed by atoms with E-state index in [0.717, 1.165) is 58.4 Å². The Morgan fingerprint density at radius 2 is 1.16 bits per heavy atom. The lowest BCUT2D eigenvalue weighted by Gasteiger charge is -2.46. The first-order valence-corrected chi connectivity index (χ1v) is 25.9. The number of piperidine rings is 2. The van der Waals surface area contributed by atoms with Gasteiger partial charge in [0.1, 0.15) is 27.1 Å². The Morgan fingerprint density at radius 1 is 0.639 bits per heavy atom. The van der Waals surface area contributed by atoms with Gasteiger partial charge in [-0.05, 0) is 82.1 Å². The highest BCUT2D eigenvalue weighted by atomic mass is 32.2. The van der Waals surface area contributed by atoms with Crippen LogP contribution in [0.1, 0.15) is 142 Å². The van der Waals surface area contributed by atoms with Crippen molar-refractivity contribution in [2.24, 2.45) is 0 Å². The molecule has 3 fully saturated rings. The zero-order chi connectivity index (χ0) is 42.9. The topological polar surface area (TPSA) is 78.4 Å². The van der Waals surface area contributed by atoms with Gasteiger partial charge in [-0.25, -0.2) is 12.8 Å². The number of anilines is 1. The molecule has 3 aromatic rings. The van der Waals surface area contributed by atoms with E-state index in [1.807, 2.05) is 18.2 Å². The van der Waals surface area contributed by atoms with Gasteiger partial charge in [0.15, 0.2) is 0 Å². The second-order valence-electron chi connectivity index (χ2n) is 18.1. The molecule has 0 saturated carbocycles. The zero-order valence-corrected chi connectivity index (χ0v) is 38.9. The molecule has 6 rings (SSSR count). The molecule has 1 aromatic heterocycles. The van der Waals surface area contributed by atoms with Gasteiger partial charge in [-0.1, -0.05) is 110 Å². The number of likely N-dealkylation sites (tertiary alicyclic amines) is 1. The van der Waals surface area contributed by atoms with Crippen LogP contribution in [0, 0.1) is 5.82 Å². The minimum atomic E-state index is -4.28. The van der Waals surface area contributed by atoms with Gasteiger partial charge in [-0.2, -0.15) is 0 Å². The molecule has 0 radical (unpaired) electrons. The van der Waals surface area contributed by atoms with E-state index in [1.165, 1.54) is 134 Å². The Balaban J connectivity index is 0.985. The zero-order valence-electron chi connectivity index (χ0n) is 38.1. The van der Waals surface area contributed by atoms with Crippen LogP contribution in [0.15, 0.2) is 52.4 Å². The highest BCUT2D eigenvalue weighted by Crippen LogP contribution is 2.40. The molecule has 3 aliphatic heterocycles. The molecule has 61 heavy (non-hydrogen) atoms. The van der Waals surface area contributed by atoms with Crippen molar-refractivity contribution >= 4 is 26.4 Å². The van der Waals surface area contributed by atoms with Gasteiger partial charge in [0.2, 0.25) is 9.84 Å². The van der Waals surface area contributed by atoms with Crippen LogP contribution in [-0.4, -0.2) is 113 Å². The van der Waals surface area contributed by atoms with Crippen molar-refractivity contribution in [2.45, 2.75) is 164 Å². The number of rotatable bonds is 25. The maximum Gasteiger partial charge on any atom is 0.213 e. The standard InChI is InChI=1S/C50H78FN5O4S/c1-4-6-7-8-9-10-11-12-13-14-15-16-17-18-19-20-37-60-44-22-24-48(46(51)39-44)61(57,58)49-40-52-47-23-21-43(59-3)38-45(47)50(49)56-31-27-42(28-32-56)55-35-33-54(34-36-55)41-25-29-53(5-2)30-26-41/h21-24,38-42H,4-20,25-37H2,1-3H3. The van der Waals surface area contributed by atoms with Crippen molar-refractivity contribution in [3.8, 4) is 11.5 Å². The predicted molar refractivity (Wildman–Crippen MR) is 249 cm³/mol. The van der Waals surface area contributed by atoms with Gasteiger partial charge in [0.05, 0.1) is 24.9 Å². The summed E-state index contributed by atoms with van der Waals surface area (Å²) in [6.45, 7) is 14.4. The number of unbranched alkanes of at least 4 members (excludes halogenated alkanes) is 15. The quantitative estimate of drug-likeness (QED) is 0.0774. The van der Waals surface area contributed by atoms with Crippen LogP contribution >= 0.6 is 0 Å². The summed E-state index contributed by atoms with van der Waals surface area (Å²) in [5.74, 6) is 0.161. The number of nitrogens with zero attached hydrogens (tertiary/aromatic N) is 5. The average Bonchev–Trinajstić information content (AvgIpc) is 3.29. The fourth-order valence-electron chi connectivity index (χ4n) is 10.1. The van der Waals surface area contributed by atoms with E-state index in [-0.39, 0.29) is 9.79 Å². The van der Waals surface area contributed by atoms with Gasteiger partial charge >= 0.3 is 0 Å². The molecule has 0 bridgehead atoms. The highest BCUT2D eigenvalue weighted by molar-refractivity contribution is 7.91. The third-order valence-corrected chi connectivity index (χ3v) is 15.7. The summed E-state index contributed by atoms with van der Waals surface area (Å²) >= 11 is 0. The van der Waals surface area contributed by atoms with E-state index in [1.54, 1.807) is 13.2 Å². The van der Waals surface area contributed by atoms with Gasteiger partial charge in [0, 0.05) is 69.0 Å². The number of hydrogen-bond acceptors (Lipinski definition) is 9. The third-order valence-electron chi connectivity index (χ3n) is 13.9. The molecular formula is C50H78FN5O4S.